The lowest BCUT2D eigenvalue weighted by atomic mass is 9.99. The van der Waals surface area contributed by atoms with E-state index in [1.807, 2.05) is 6.92 Å². The number of amides is 15. The number of carboxylic acid groups (broad SMARTS) is 1. The van der Waals surface area contributed by atoms with Crippen molar-refractivity contribution >= 4 is 117 Å². The van der Waals surface area contributed by atoms with Crippen molar-refractivity contribution in [2.75, 3.05) is 59.3 Å². The van der Waals surface area contributed by atoms with E-state index in [4.69, 9.17) is 5.73 Å². The van der Waals surface area contributed by atoms with E-state index in [-0.39, 0.29) is 81.0 Å². The number of aromatic nitrogens is 1. The molecule has 1 aliphatic heterocycles. The molecule has 0 saturated carbocycles. The number of H-pyrrole nitrogens is 1. The molecule has 1 aliphatic rings. The molecular weight excluding hydrogens is 1680 g/mol. The molecule has 1 aromatic heterocycles. The number of phenols is 2. The third-order valence-corrected chi connectivity index (χ3v) is 22.9. The zero-order chi connectivity index (χ0) is 94.1. The number of para-hydroxylation sites is 1. The van der Waals surface area contributed by atoms with Crippen LogP contribution in [-0.2, 0) is 115 Å². The second-order valence-corrected chi connectivity index (χ2v) is 34.0. The van der Waals surface area contributed by atoms with Crippen molar-refractivity contribution in [2.24, 2.45) is 17.6 Å². The normalized spacial score (nSPS) is 21.8. The highest BCUT2D eigenvalue weighted by Crippen LogP contribution is 2.24. The molecule has 16 N–H and O–H groups in total. The molecule has 0 spiro atoms. The fourth-order valence-corrected chi connectivity index (χ4v) is 15.7. The van der Waals surface area contributed by atoms with Crippen LogP contribution >= 0.6 is 11.8 Å². The zero-order valence-electron chi connectivity index (χ0n) is 73.8. The van der Waals surface area contributed by atoms with Crippen LogP contribution < -0.4 is 58.9 Å². The number of carbonyl (C=O) groups excluding carboxylic acids is 15. The Labute approximate surface area is 753 Å². The number of nitrogens with one attached hydrogen (secondary N) is 11. The summed E-state index contributed by atoms with van der Waals surface area (Å²) in [5.74, 6) is -17.5. The van der Waals surface area contributed by atoms with Gasteiger partial charge in [0, 0.05) is 83.1 Å². The predicted octanol–water partition coefficient (Wildman–Crippen LogP) is 2.37. The number of hydrogen-bond donors (Lipinski definition) is 15. The number of rotatable bonds is 24. The van der Waals surface area contributed by atoms with Crippen LogP contribution in [0.25, 0.3) is 10.9 Å². The maximum Gasteiger partial charge on any atom is 0.305 e. The molecule has 690 valence electrons. The highest BCUT2D eigenvalue weighted by molar-refractivity contribution is 8.00. The van der Waals surface area contributed by atoms with Gasteiger partial charge in [-0.15, -0.1) is 11.8 Å². The third kappa shape index (κ3) is 31.4. The molecule has 0 unspecified atom stereocenters. The molecule has 0 radical (unpaired) electrons. The number of nitrogens with zero attached hydrogens (tertiary/aromatic N) is 4. The SMILES string of the molecule is CCCC[C@H]1C(=O)N(C)CC(=O)N[C@@H](CC(=O)O)C(=O)N[C@@H](C(C)C)C(=O)N[C@@H](CCc2ccccc2)C(=O)N[C@@H](Cc2ccc(O)cc2)C(=O)N(C)CC(=O)N[C@@H](Cc2c[nH]c3ccccc23)C(=O)N[C@@H](Cc2ccc(O)cc2)C(=O)N[C@@H](CC(C)C)C(=O)N[C@H](C(=O)NCC(N)=O)CSCC(=O)N[C@@H](Cc2ccccc2)C(=O)N(C)[C@@H](Cc2ccccc2)C(=O)N1C. The first-order valence-electron chi connectivity index (χ1n) is 42.8. The molecular formula is C93H118N16O19S. The average molecular weight is 1800 g/mol. The van der Waals surface area contributed by atoms with Crippen LogP contribution in [0.4, 0.5) is 0 Å². The third-order valence-electron chi connectivity index (χ3n) is 21.9. The van der Waals surface area contributed by atoms with Crippen molar-refractivity contribution in [2.45, 2.75) is 178 Å². The van der Waals surface area contributed by atoms with Crippen molar-refractivity contribution in [3.05, 3.63) is 203 Å². The Balaban J connectivity index is 1.20. The molecule has 8 rings (SSSR count). The number of aromatic hydroxyl groups is 2. The van der Waals surface area contributed by atoms with Crippen LogP contribution in [0.2, 0.25) is 0 Å². The Bertz CT molecular complexity index is 5050. The van der Waals surface area contributed by atoms with Crippen molar-refractivity contribution in [1.82, 2.24) is 77.8 Å². The Morgan fingerprint density at radius 1 is 0.465 bits per heavy atom. The van der Waals surface area contributed by atoms with E-state index in [0.717, 1.165) is 21.6 Å². The number of phenolic OH excluding ortho intramolecular Hbond substituents is 2. The number of hydrogen-bond acceptors (Lipinski definition) is 19. The molecule has 7 aromatic rings. The first-order valence-corrected chi connectivity index (χ1v) is 43.9. The number of carbonyl (C=O) groups is 16. The molecule has 0 bridgehead atoms. The minimum absolute atomic E-state index is 0.0304. The second kappa shape index (κ2) is 49.4. The molecule has 36 heteroatoms. The summed E-state index contributed by atoms with van der Waals surface area (Å²) in [4.78, 5) is 241. The van der Waals surface area contributed by atoms with Gasteiger partial charge >= 0.3 is 5.97 Å². The van der Waals surface area contributed by atoms with Crippen LogP contribution in [0.15, 0.2) is 170 Å². The summed E-state index contributed by atoms with van der Waals surface area (Å²) in [5.41, 5.74) is 9.31. The first-order chi connectivity index (χ1) is 61.4. The Hall–Kier alpha value is -13.7. The number of benzene rings is 6. The average Bonchev–Trinajstić information content (AvgIpc) is 1.71. The maximum absolute atomic E-state index is 15.5. The lowest BCUT2D eigenvalue weighted by molar-refractivity contribution is -0.151. The molecule has 2 heterocycles. The van der Waals surface area contributed by atoms with E-state index in [1.165, 1.54) is 86.5 Å². The number of thioether (sulfide) groups is 1. The van der Waals surface area contributed by atoms with E-state index < -0.39 is 199 Å². The van der Waals surface area contributed by atoms with Gasteiger partial charge in [0.15, 0.2) is 0 Å². The molecule has 129 heavy (non-hydrogen) atoms. The first kappa shape index (κ1) is 101. The molecule has 1 saturated heterocycles. The van der Waals surface area contributed by atoms with Gasteiger partial charge < -0.3 is 98.8 Å². The fourth-order valence-electron chi connectivity index (χ4n) is 14.8. The van der Waals surface area contributed by atoms with Crippen LogP contribution in [0, 0.1) is 11.8 Å². The Morgan fingerprint density at radius 3 is 1.48 bits per heavy atom. The molecule has 15 amide bonds. The standard InChI is InChI=1S/C93H118N16O19S/c1-10-11-31-75-92(127)107(7)52-79(114)98-71(48-81(116)117)88(123)105-82(56(4)5)89(124)100-67(41-36-57-23-15-12-16-24-57)84(119)103-72(45-61-34-39-64(111)40-35-61)90(125)106(6)51-78(113)97-70(47-62-49-95-66-30-22-21-29-65(62)66)87(122)102-69(43-60-32-37-63(110)38-33-60)86(121)101-68(42-55(2)3)85(120)104-74(83(118)96-50-77(94)112)53-129-54-80(115)99-73(44-58-25-17-13-18-26-58)91(126)109(9)76(93(128)108(75)8)46-59-27-19-14-20-28-59/h12-30,32-35,37-40,49,55-56,67-76,82,95,110-111H,10-11,31,36,41-48,50-54H2,1-9H3,(H2,94,112)(H,96,118)(H,97,113)(H,98,114)(H,99,115)(H,100,124)(H,101,121)(H,102,122)(H,103,119)(H,104,120)(H,105,123)(H,116,117)/t67-,68-,69-,70-,71-,72-,73-,74-,75-,76-,82-/m0/s1. The van der Waals surface area contributed by atoms with Crippen molar-refractivity contribution in [3.8, 4) is 11.5 Å². The molecule has 11 atom stereocenters. The summed E-state index contributed by atoms with van der Waals surface area (Å²) in [6.07, 6.45) is 0.318. The van der Waals surface area contributed by atoms with Gasteiger partial charge in [0.2, 0.25) is 88.6 Å². The van der Waals surface area contributed by atoms with E-state index in [2.05, 4.69) is 58.2 Å². The van der Waals surface area contributed by atoms with Crippen molar-refractivity contribution in [1.29, 1.82) is 0 Å². The smallest absolute Gasteiger partial charge is 0.305 e. The van der Waals surface area contributed by atoms with Gasteiger partial charge in [-0.3, -0.25) is 76.7 Å². The zero-order valence-corrected chi connectivity index (χ0v) is 74.7. The number of unbranched alkanes of at least 4 members (excludes halogenated alkanes) is 1. The predicted molar refractivity (Wildman–Crippen MR) is 482 cm³/mol. The highest BCUT2D eigenvalue weighted by Gasteiger charge is 2.41. The van der Waals surface area contributed by atoms with Gasteiger partial charge in [0.25, 0.3) is 0 Å². The van der Waals surface area contributed by atoms with Crippen LogP contribution in [0.5, 0.6) is 11.5 Å². The van der Waals surface area contributed by atoms with Crippen molar-refractivity contribution < 1.29 is 92.0 Å². The minimum atomic E-state index is -1.90. The number of carboxylic acids is 1. The summed E-state index contributed by atoms with van der Waals surface area (Å²) >= 11 is 0.829. The van der Waals surface area contributed by atoms with Gasteiger partial charge in [-0.2, -0.15) is 0 Å². The maximum atomic E-state index is 15.5. The molecule has 6 aromatic carbocycles. The molecule has 35 nitrogen and oxygen atoms in total. The van der Waals surface area contributed by atoms with Crippen LogP contribution in [0.1, 0.15) is 107 Å². The lowest BCUT2D eigenvalue weighted by Crippen LogP contribution is -2.60. The largest absolute Gasteiger partial charge is 0.508 e. The number of aromatic amines is 1. The number of aryl methyl sites for hydroxylation is 1. The summed E-state index contributed by atoms with van der Waals surface area (Å²) in [5, 5.41) is 58.2. The number of fused-ring (bicyclic) bond motifs is 1. The summed E-state index contributed by atoms with van der Waals surface area (Å²) in [7, 11) is 5.25. The Kier molecular flexibility index (Phi) is 38.6. The second-order valence-electron chi connectivity index (χ2n) is 33.0. The van der Waals surface area contributed by atoms with E-state index in [0.29, 0.717) is 57.1 Å². The van der Waals surface area contributed by atoms with Gasteiger partial charge in [-0.1, -0.05) is 181 Å². The number of likely N-dealkylation sites (N-methyl/N-ethyl adjacent to an activating group) is 4. The van der Waals surface area contributed by atoms with E-state index in [9.17, 15) is 63.3 Å². The number of primary amides is 1. The van der Waals surface area contributed by atoms with Crippen LogP contribution in [-0.4, -0.2) is 260 Å². The summed E-state index contributed by atoms with van der Waals surface area (Å²) in [6.45, 7) is 6.15. The summed E-state index contributed by atoms with van der Waals surface area (Å²) in [6, 6.07) is 27.6. The topological polar surface area (TPSA) is 509 Å². The summed E-state index contributed by atoms with van der Waals surface area (Å²) < 4.78 is 0. The number of nitrogens with two attached hydrogens (primary N) is 1. The van der Waals surface area contributed by atoms with Gasteiger partial charge in [-0.05, 0) is 101 Å². The minimum Gasteiger partial charge on any atom is -0.508 e. The van der Waals surface area contributed by atoms with E-state index >= 15 is 28.8 Å². The number of aliphatic carboxylic acids is 1. The highest BCUT2D eigenvalue weighted by atomic mass is 32.2. The van der Waals surface area contributed by atoms with Crippen LogP contribution in [0.3, 0.4) is 0 Å². The molecule has 1 fully saturated rings. The fraction of sp³-hybridized carbons (Fsp3) is 0.419. The van der Waals surface area contributed by atoms with Gasteiger partial charge in [0.1, 0.15) is 78.0 Å². The Morgan fingerprint density at radius 2 is 0.922 bits per heavy atom. The quantitative estimate of drug-likeness (QED) is 0.0413. The monoisotopic (exact) mass is 1790 g/mol. The van der Waals surface area contributed by atoms with Crippen molar-refractivity contribution in [3.63, 3.8) is 0 Å². The van der Waals surface area contributed by atoms with Gasteiger partial charge in [0.05, 0.1) is 31.8 Å². The van der Waals surface area contributed by atoms with Gasteiger partial charge in [-0.25, -0.2) is 0 Å². The molecule has 0 aliphatic carbocycles. The van der Waals surface area contributed by atoms with E-state index in [1.54, 1.807) is 149 Å². The lowest BCUT2D eigenvalue weighted by Gasteiger charge is -2.37.